The van der Waals surface area contributed by atoms with E-state index < -0.39 is 0 Å². The van der Waals surface area contributed by atoms with Gasteiger partial charge in [-0.25, -0.2) is 4.98 Å². The minimum absolute atomic E-state index is 0.315. The SMILES string of the molecule is COC1CCN(c2ccc(Cl)c(CNC(C)C)n2)C1. The van der Waals surface area contributed by atoms with Crippen molar-refractivity contribution in [2.45, 2.75) is 39.0 Å². The zero-order valence-corrected chi connectivity index (χ0v) is 12.6. The topological polar surface area (TPSA) is 37.4 Å². The number of aromatic nitrogens is 1. The minimum Gasteiger partial charge on any atom is -0.380 e. The Morgan fingerprint density at radius 1 is 1.53 bits per heavy atom. The third-order valence-corrected chi connectivity index (χ3v) is 3.73. The molecule has 1 N–H and O–H groups in total. The number of pyridine rings is 1. The monoisotopic (exact) mass is 283 g/mol. The maximum Gasteiger partial charge on any atom is 0.129 e. The lowest BCUT2D eigenvalue weighted by atomic mass is 10.3. The lowest BCUT2D eigenvalue weighted by Crippen LogP contribution is -2.25. The lowest BCUT2D eigenvalue weighted by molar-refractivity contribution is 0.121. The van der Waals surface area contributed by atoms with Crippen molar-refractivity contribution >= 4 is 17.4 Å². The van der Waals surface area contributed by atoms with Crippen LogP contribution in [0.2, 0.25) is 5.02 Å². The molecule has 1 aromatic rings. The lowest BCUT2D eigenvalue weighted by Gasteiger charge is -2.19. The highest BCUT2D eigenvalue weighted by molar-refractivity contribution is 6.31. The first-order valence-corrected chi connectivity index (χ1v) is 7.14. The van der Waals surface area contributed by atoms with E-state index >= 15 is 0 Å². The molecule has 1 aliphatic heterocycles. The molecule has 1 fully saturated rings. The molecule has 19 heavy (non-hydrogen) atoms. The Bertz CT molecular complexity index is 425. The van der Waals surface area contributed by atoms with Gasteiger partial charge >= 0.3 is 0 Å². The zero-order valence-electron chi connectivity index (χ0n) is 11.8. The van der Waals surface area contributed by atoms with Crippen LogP contribution < -0.4 is 10.2 Å². The highest BCUT2D eigenvalue weighted by Crippen LogP contribution is 2.23. The van der Waals surface area contributed by atoms with E-state index in [4.69, 9.17) is 16.3 Å². The number of nitrogens with one attached hydrogen (secondary N) is 1. The predicted molar refractivity (Wildman–Crippen MR) is 78.8 cm³/mol. The summed E-state index contributed by atoms with van der Waals surface area (Å²) in [5.74, 6) is 0.990. The first-order valence-electron chi connectivity index (χ1n) is 6.76. The second-order valence-electron chi connectivity index (χ2n) is 5.23. The van der Waals surface area contributed by atoms with Crippen LogP contribution in [0.15, 0.2) is 12.1 Å². The maximum atomic E-state index is 6.20. The third kappa shape index (κ3) is 3.81. The van der Waals surface area contributed by atoms with E-state index in [0.717, 1.165) is 36.0 Å². The Balaban J connectivity index is 2.08. The highest BCUT2D eigenvalue weighted by atomic mass is 35.5. The molecule has 0 spiro atoms. The fraction of sp³-hybridized carbons (Fsp3) is 0.643. The average Bonchev–Trinajstić information content (AvgIpc) is 2.86. The molecule has 0 radical (unpaired) electrons. The van der Waals surface area contributed by atoms with E-state index in [1.165, 1.54) is 0 Å². The molecule has 0 amide bonds. The molecule has 1 aromatic heterocycles. The number of hydrogen-bond acceptors (Lipinski definition) is 4. The Labute approximate surface area is 120 Å². The number of halogens is 1. The molecule has 1 atom stereocenters. The van der Waals surface area contributed by atoms with Crippen LogP contribution in [-0.2, 0) is 11.3 Å². The normalized spacial score (nSPS) is 19.4. The van der Waals surface area contributed by atoms with Crippen LogP contribution in [0.3, 0.4) is 0 Å². The molecule has 2 rings (SSSR count). The number of anilines is 1. The Kier molecular flexibility index (Phi) is 5.02. The van der Waals surface area contributed by atoms with Crippen LogP contribution in [0, 0.1) is 0 Å². The van der Waals surface area contributed by atoms with Crippen LogP contribution in [-0.4, -0.2) is 37.3 Å². The number of rotatable bonds is 5. The fourth-order valence-corrected chi connectivity index (χ4v) is 2.37. The summed E-state index contributed by atoms with van der Waals surface area (Å²) in [5.41, 5.74) is 0.911. The second-order valence-corrected chi connectivity index (χ2v) is 5.63. The summed E-state index contributed by atoms with van der Waals surface area (Å²) in [6.07, 6.45) is 1.37. The molecule has 0 bridgehead atoms. The highest BCUT2D eigenvalue weighted by Gasteiger charge is 2.23. The summed E-state index contributed by atoms with van der Waals surface area (Å²) in [6.45, 7) is 6.82. The van der Waals surface area contributed by atoms with Gasteiger partial charge in [-0.15, -0.1) is 0 Å². The zero-order chi connectivity index (χ0) is 13.8. The number of methoxy groups -OCH3 is 1. The molecule has 0 aromatic carbocycles. The number of hydrogen-bond donors (Lipinski definition) is 1. The van der Waals surface area contributed by atoms with Crippen LogP contribution >= 0.6 is 11.6 Å². The van der Waals surface area contributed by atoms with Gasteiger partial charge in [-0.2, -0.15) is 0 Å². The Morgan fingerprint density at radius 3 is 2.95 bits per heavy atom. The van der Waals surface area contributed by atoms with Gasteiger partial charge in [-0.3, -0.25) is 0 Å². The van der Waals surface area contributed by atoms with E-state index in [9.17, 15) is 0 Å². The van der Waals surface area contributed by atoms with Crippen LogP contribution in [0.5, 0.6) is 0 Å². The summed E-state index contributed by atoms with van der Waals surface area (Å²) in [7, 11) is 1.77. The molecule has 0 saturated carbocycles. The second kappa shape index (κ2) is 6.55. The van der Waals surface area contributed by atoms with Crippen molar-refractivity contribution in [1.29, 1.82) is 0 Å². The third-order valence-electron chi connectivity index (χ3n) is 3.38. The van der Waals surface area contributed by atoms with Crippen LogP contribution in [0.1, 0.15) is 26.0 Å². The van der Waals surface area contributed by atoms with Gasteiger partial charge in [0.15, 0.2) is 0 Å². The van der Waals surface area contributed by atoms with Crippen molar-refractivity contribution in [1.82, 2.24) is 10.3 Å². The number of ether oxygens (including phenoxy) is 1. The van der Waals surface area contributed by atoms with Gasteiger partial charge < -0.3 is 15.0 Å². The summed E-state index contributed by atoms with van der Waals surface area (Å²) in [5, 5.41) is 4.07. The first-order chi connectivity index (χ1) is 9.10. The molecule has 2 heterocycles. The van der Waals surface area contributed by atoms with Gasteiger partial charge in [0.25, 0.3) is 0 Å². The van der Waals surface area contributed by atoms with Gasteiger partial charge in [0.1, 0.15) is 5.82 Å². The van der Waals surface area contributed by atoms with Crippen molar-refractivity contribution in [3.8, 4) is 0 Å². The van der Waals surface area contributed by atoms with Gasteiger partial charge in [0, 0.05) is 32.8 Å². The molecule has 4 nitrogen and oxygen atoms in total. The quantitative estimate of drug-likeness (QED) is 0.901. The van der Waals surface area contributed by atoms with Gasteiger partial charge in [0.05, 0.1) is 16.8 Å². The molecule has 0 aliphatic carbocycles. The summed E-state index contributed by atoms with van der Waals surface area (Å²) in [6, 6.07) is 4.34. The van der Waals surface area contributed by atoms with Gasteiger partial charge in [-0.1, -0.05) is 25.4 Å². The van der Waals surface area contributed by atoms with Gasteiger partial charge in [0.2, 0.25) is 0 Å². The van der Waals surface area contributed by atoms with Crippen LogP contribution in [0.4, 0.5) is 5.82 Å². The van der Waals surface area contributed by atoms with Crippen molar-refractivity contribution in [3.05, 3.63) is 22.8 Å². The summed E-state index contributed by atoms with van der Waals surface area (Å²) < 4.78 is 5.39. The summed E-state index contributed by atoms with van der Waals surface area (Å²) >= 11 is 6.20. The molecule has 1 unspecified atom stereocenters. The summed E-state index contributed by atoms with van der Waals surface area (Å²) in [4.78, 5) is 6.92. The Morgan fingerprint density at radius 2 is 2.32 bits per heavy atom. The average molecular weight is 284 g/mol. The van der Waals surface area contributed by atoms with Gasteiger partial charge in [-0.05, 0) is 18.6 Å². The smallest absolute Gasteiger partial charge is 0.129 e. The van der Waals surface area contributed by atoms with Crippen molar-refractivity contribution < 1.29 is 4.74 Å². The molecule has 1 aliphatic rings. The number of nitrogens with zero attached hydrogens (tertiary/aromatic N) is 2. The van der Waals surface area contributed by atoms with E-state index in [1.54, 1.807) is 7.11 Å². The largest absolute Gasteiger partial charge is 0.380 e. The van der Waals surface area contributed by atoms with E-state index in [2.05, 4.69) is 29.0 Å². The predicted octanol–water partition coefficient (Wildman–Crippen LogP) is 2.46. The van der Waals surface area contributed by atoms with Crippen molar-refractivity contribution in [2.75, 3.05) is 25.1 Å². The molecular weight excluding hydrogens is 262 g/mol. The van der Waals surface area contributed by atoms with E-state index in [0.29, 0.717) is 18.7 Å². The molecule has 106 valence electrons. The fourth-order valence-electron chi connectivity index (χ4n) is 2.20. The van der Waals surface area contributed by atoms with E-state index in [1.807, 2.05) is 12.1 Å². The molecule has 5 heteroatoms. The maximum absolute atomic E-state index is 6.20. The van der Waals surface area contributed by atoms with Crippen molar-refractivity contribution in [3.63, 3.8) is 0 Å². The Hall–Kier alpha value is -0.840. The molecular formula is C14H22ClN3O. The minimum atomic E-state index is 0.315. The molecule has 1 saturated heterocycles. The van der Waals surface area contributed by atoms with Crippen molar-refractivity contribution in [2.24, 2.45) is 0 Å². The van der Waals surface area contributed by atoms with Crippen LogP contribution in [0.25, 0.3) is 0 Å². The van der Waals surface area contributed by atoms with E-state index in [-0.39, 0.29) is 0 Å². The standard InChI is InChI=1S/C14H22ClN3O/c1-10(2)16-8-13-12(15)4-5-14(17-13)18-7-6-11(9-18)19-3/h4-5,10-11,16H,6-9H2,1-3H3. The first kappa shape index (κ1) is 14.6.